The second-order valence-electron chi connectivity index (χ2n) is 7.02. The number of hydrogen-bond acceptors (Lipinski definition) is 5. The van der Waals surface area contributed by atoms with Gasteiger partial charge in [-0.2, -0.15) is 0 Å². The van der Waals surface area contributed by atoms with E-state index in [-0.39, 0.29) is 23.8 Å². The predicted octanol–water partition coefficient (Wildman–Crippen LogP) is 0.832. The highest BCUT2D eigenvalue weighted by Gasteiger charge is 2.38. The maximum atomic E-state index is 12.6. The van der Waals surface area contributed by atoms with Crippen molar-refractivity contribution in [3.8, 4) is 5.75 Å². The summed E-state index contributed by atoms with van der Waals surface area (Å²) in [7, 11) is 0. The van der Waals surface area contributed by atoms with Crippen LogP contribution in [0.25, 0.3) is 0 Å². The second-order valence-corrected chi connectivity index (χ2v) is 7.02. The Morgan fingerprint density at radius 2 is 2.25 bits per heavy atom. The molecule has 3 heterocycles. The number of nitrogens with one attached hydrogen (secondary N) is 2. The zero-order valence-electron chi connectivity index (χ0n) is 13.9. The van der Waals surface area contributed by atoms with Crippen molar-refractivity contribution in [3.05, 3.63) is 22.8 Å². The van der Waals surface area contributed by atoms with Gasteiger partial charge in [0.1, 0.15) is 17.9 Å². The molecule has 6 nitrogen and oxygen atoms in total. The molecule has 4 rings (SSSR count). The number of ketones is 1. The van der Waals surface area contributed by atoms with Crippen LogP contribution in [0.4, 0.5) is 5.69 Å². The van der Waals surface area contributed by atoms with Gasteiger partial charge in [-0.15, -0.1) is 0 Å². The molecular weight excluding hydrogens is 306 g/mol. The number of benzene rings is 1. The van der Waals surface area contributed by atoms with E-state index in [0.717, 1.165) is 47.5 Å². The summed E-state index contributed by atoms with van der Waals surface area (Å²) in [4.78, 5) is 24.2. The fourth-order valence-electron chi connectivity index (χ4n) is 4.05. The lowest BCUT2D eigenvalue weighted by atomic mass is 9.93. The second kappa shape index (κ2) is 5.86. The first kappa shape index (κ1) is 15.6. The third-order valence-electron chi connectivity index (χ3n) is 5.34. The van der Waals surface area contributed by atoms with Crippen molar-refractivity contribution in [2.45, 2.75) is 57.2 Å². The van der Waals surface area contributed by atoms with E-state index in [1.165, 1.54) is 0 Å². The molecule has 1 amide bonds. The largest absolute Gasteiger partial charge is 0.487 e. The van der Waals surface area contributed by atoms with E-state index in [0.29, 0.717) is 19.3 Å². The maximum absolute atomic E-state index is 12.6. The summed E-state index contributed by atoms with van der Waals surface area (Å²) in [6, 6.07) is 1.29. The van der Waals surface area contributed by atoms with Gasteiger partial charge in [0.25, 0.3) is 0 Å². The average Bonchev–Trinajstić information content (AvgIpc) is 3.23. The first-order chi connectivity index (χ1) is 11.5. The van der Waals surface area contributed by atoms with Gasteiger partial charge in [-0.05, 0) is 43.9 Å². The molecule has 1 aromatic rings. The van der Waals surface area contributed by atoms with Gasteiger partial charge < -0.3 is 21.1 Å². The highest BCUT2D eigenvalue weighted by atomic mass is 16.5. The quantitative estimate of drug-likeness (QED) is 0.764. The van der Waals surface area contributed by atoms with Gasteiger partial charge in [0.15, 0.2) is 5.78 Å². The lowest BCUT2D eigenvalue weighted by Gasteiger charge is -2.23. The number of nitrogens with two attached hydrogens (primary N) is 1. The lowest BCUT2D eigenvalue weighted by Crippen LogP contribution is -2.51. The number of hydrogen-bond donors (Lipinski definition) is 3. The predicted molar refractivity (Wildman–Crippen MR) is 90.3 cm³/mol. The number of carbonyl (C=O) groups is 2. The average molecular weight is 329 g/mol. The van der Waals surface area contributed by atoms with Crippen molar-refractivity contribution >= 4 is 17.4 Å². The number of ether oxygens (including phenoxy) is 1. The standard InChI is InChI=1S/C18H23N3O3/c1-9-7-10-8-13(15(19)17(23)12-3-2-6-20-12)24-18(10)11-4-5-14(22)21-16(9)11/h7,12-13,15,20H,2-6,8,19H2,1H3,(H,21,22)/t12-,13?,15?/m0/s1. The van der Waals surface area contributed by atoms with Crippen LogP contribution >= 0.6 is 0 Å². The number of fused-ring (bicyclic) bond motifs is 3. The summed E-state index contributed by atoms with van der Waals surface area (Å²) in [5, 5.41) is 6.16. The van der Waals surface area contributed by atoms with Crippen molar-refractivity contribution in [2.75, 3.05) is 11.9 Å². The van der Waals surface area contributed by atoms with Gasteiger partial charge in [0.05, 0.1) is 11.7 Å². The van der Waals surface area contributed by atoms with Crippen LogP contribution in [0.3, 0.4) is 0 Å². The molecule has 2 unspecified atom stereocenters. The van der Waals surface area contributed by atoms with Gasteiger partial charge in [-0.25, -0.2) is 0 Å². The highest BCUT2D eigenvalue weighted by Crippen LogP contribution is 2.42. The Morgan fingerprint density at radius 1 is 1.42 bits per heavy atom. The topological polar surface area (TPSA) is 93.4 Å². The number of anilines is 1. The zero-order chi connectivity index (χ0) is 16.8. The summed E-state index contributed by atoms with van der Waals surface area (Å²) in [6.07, 6.45) is 3.34. The van der Waals surface area contributed by atoms with E-state index in [1.54, 1.807) is 0 Å². The fourth-order valence-corrected chi connectivity index (χ4v) is 4.05. The number of rotatable bonds is 3. The number of carbonyl (C=O) groups excluding carboxylic acids is 2. The van der Waals surface area contributed by atoms with Crippen LogP contribution in [0.5, 0.6) is 5.75 Å². The van der Waals surface area contributed by atoms with Crippen LogP contribution in [-0.4, -0.2) is 36.4 Å². The summed E-state index contributed by atoms with van der Waals surface area (Å²) in [5.74, 6) is 0.909. The molecule has 0 radical (unpaired) electrons. The first-order valence-electron chi connectivity index (χ1n) is 8.69. The van der Waals surface area contributed by atoms with E-state index in [2.05, 4.69) is 10.6 Å². The molecule has 0 aromatic heterocycles. The Labute approximate surface area is 141 Å². The van der Waals surface area contributed by atoms with Crippen molar-refractivity contribution in [3.63, 3.8) is 0 Å². The highest BCUT2D eigenvalue weighted by molar-refractivity contribution is 5.96. The molecular formula is C18H23N3O3. The molecule has 1 fully saturated rings. The van der Waals surface area contributed by atoms with Crippen molar-refractivity contribution in [2.24, 2.45) is 5.73 Å². The molecule has 0 spiro atoms. The van der Waals surface area contributed by atoms with E-state index < -0.39 is 6.04 Å². The Bertz CT molecular complexity index is 710. The molecule has 6 heteroatoms. The van der Waals surface area contributed by atoms with E-state index >= 15 is 0 Å². The van der Waals surface area contributed by atoms with Gasteiger partial charge in [0, 0.05) is 18.4 Å². The lowest BCUT2D eigenvalue weighted by molar-refractivity contribution is -0.123. The molecule has 3 aliphatic rings. The van der Waals surface area contributed by atoms with E-state index in [4.69, 9.17) is 10.5 Å². The Kier molecular flexibility index (Phi) is 3.81. The molecule has 1 aromatic carbocycles. The minimum absolute atomic E-state index is 0.0410. The van der Waals surface area contributed by atoms with Crippen LogP contribution in [-0.2, 0) is 22.4 Å². The van der Waals surface area contributed by atoms with Gasteiger partial charge in [-0.1, -0.05) is 6.07 Å². The molecule has 0 aliphatic carbocycles. The molecule has 0 bridgehead atoms. The summed E-state index contributed by atoms with van der Waals surface area (Å²) in [6.45, 7) is 2.87. The Hall–Kier alpha value is -1.92. The van der Waals surface area contributed by atoms with Crippen molar-refractivity contribution in [1.82, 2.24) is 5.32 Å². The molecule has 24 heavy (non-hydrogen) atoms. The minimum Gasteiger partial charge on any atom is -0.487 e. The van der Waals surface area contributed by atoms with Crippen LogP contribution in [0.2, 0.25) is 0 Å². The monoisotopic (exact) mass is 329 g/mol. The summed E-state index contributed by atoms with van der Waals surface area (Å²) < 4.78 is 6.11. The molecule has 4 N–H and O–H groups in total. The molecule has 1 saturated heterocycles. The minimum atomic E-state index is -0.623. The number of amides is 1. The SMILES string of the molecule is Cc1cc2c(c3c1NC(=O)CC3)OC(C(N)C(=O)[C@@H]1CCCN1)C2. The van der Waals surface area contributed by atoms with Crippen molar-refractivity contribution in [1.29, 1.82) is 0 Å². The Morgan fingerprint density at radius 3 is 3.00 bits per heavy atom. The van der Waals surface area contributed by atoms with Gasteiger partial charge in [0.2, 0.25) is 5.91 Å². The fraction of sp³-hybridized carbons (Fsp3) is 0.556. The number of Topliss-reactive ketones (excluding diaryl/α,β-unsaturated/α-hetero) is 1. The van der Waals surface area contributed by atoms with Gasteiger partial charge >= 0.3 is 0 Å². The van der Waals surface area contributed by atoms with Crippen LogP contribution in [0.15, 0.2) is 6.07 Å². The maximum Gasteiger partial charge on any atom is 0.224 e. The molecule has 3 aliphatic heterocycles. The van der Waals surface area contributed by atoms with Crippen LogP contribution in [0.1, 0.15) is 36.0 Å². The summed E-state index contributed by atoms with van der Waals surface area (Å²) >= 11 is 0. The first-order valence-corrected chi connectivity index (χ1v) is 8.69. The van der Waals surface area contributed by atoms with E-state index in [9.17, 15) is 9.59 Å². The molecule has 3 atom stereocenters. The molecule has 0 saturated carbocycles. The Balaban J connectivity index is 1.58. The molecule has 128 valence electrons. The van der Waals surface area contributed by atoms with Crippen LogP contribution in [0, 0.1) is 6.92 Å². The van der Waals surface area contributed by atoms with E-state index in [1.807, 2.05) is 13.0 Å². The third-order valence-corrected chi connectivity index (χ3v) is 5.34. The third kappa shape index (κ3) is 2.50. The zero-order valence-corrected chi connectivity index (χ0v) is 13.9. The van der Waals surface area contributed by atoms with Gasteiger partial charge in [-0.3, -0.25) is 9.59 Å². The van der Waals surface area contributed by atoms with Crippen LogP contribution < -0.4 is 21.1 Å². The normalized spacial score (nSPS) is 26.3. The number of aryl methyl sites for hydroxylation is 1. The van der Waals surface area contributed by atoms with Crippen molar-refractivity contribution < 1.29 is 14.3 Å². The summed E-state index contributed by atoms with van der Waals surface area (Å²) in [5.41, 5.74) is 10.3. The smallest absolute Gasteiger partial charge is 0.224 e.